The predicted octanol–water partition coefficient (Wildman–Crippen LogP) is 2.95. The molecule has 1 N–H and O–H groups in total. The van der Waals surface area contributed by atoms with Gasteiger partial charge in [0, 0.05) is 5.56 Å². The fourth-order valence-electron chi connectivity index (χ4n) is 2.16. The average Bonchev–Trinajstić information content (AvgIpc) is 2.12. The summed E-state index contributed by atoms with van der Waals surface area (Å²) in [7, 11) is 0. The number of phenolic OH excluding ortho intramolecular Hbond substituents is 1. The van der Waals surface area contributed by atoms with Crippen molar-refractivity contribution in [3.8, 4) is 11.8 Å². The molecule has 1 saturated carbocycles. The molecule has 15 heavy (non-hydrogen) atoms. The lowest BCUT2D eigenvalue weighted by Gasteiger charge is -2.36. The Balaban J connectivity index is 2.54. The van der Waals surface area contributed by atoms with Crippen molar-refractivity contribution in [3.63, 3.8) is 0 Å². The summed E-state index contributed by atoms with van der Waals surface area (Å²) in [6, 6.07) is 6.09. The first-order valence-corrected chi connectivity index (χ1v) is 5.31. The highest BCUT2D eigenvalue weighted by atomic mass is 16.3. The van der Waals surface area contributed by atoms with Crippen LogP contribution in [0.25, 0.3) is 0 Å². The van der Waals surface area contributed by atoms with E-state index < -0.39 is 5.41 Å². The minimum absolute atomic E-state index is 0.277. The summed E-state index contributed by atoms with van der Waals surface area (Å²) in [5, 5.41) is 19.1. The van der Waals surface area contributed by atoms with Gasteiger partial charge in [0.15, 0.2) is 0 Å². The van der Waals surface area contributed by atoms with Crippen LogP contribution in [-0.2, 0) is 5.41 Å². The molecule has 0 bridgehead atoms. The van der Waals surface area contributed by atoms with Crippen LogP contribution in [0.1, 0.15) is 36.0 Å². The number of rotatable bonds is 1. The second-order valence-corrected chi connectivity index (χ2v) is 4.50. The van der Waals surface area contributed by atoms with Gasteiger partial charge < -0.3 is 5.11 Å². The van der Waals surface area contributed by atoms with Gasteiger partial charge in [-0.3, -0.25) is 0 Å². The Bertz CT molecular complexity index is 439. The van der Waals surface area contributed by atoms with Crippen LogP contribution >= 0.6 is 0 Å². The van der Waals surface area contributed by atoms with Crippen molar-refractivity contribution < 1.29 is 5.11 Å². The molecule has 78 valence electrons. The van der Waals surface area contributed by atoms with E-state index in [1.54, 1.807) is 6.07 Å². The van der Waals surface area contributed by atoms with Gasteiger partial charge in [-0.1, -0.05) is 6.07 Å². The zero-order valence-electron chi connectivity index (χ0n) is 9.17. The lowest BCUT2D eigenvalue weighted by molar-refractivity contribution is 0.311. The Labute approximate surface area is 90.2 Å². The summed E-state index contributed by atoms with van der Waals surface area (Å²) < 4.78 is 0. The molecule has 0 heterocycles. The molecule has 1 aliphatic rings. The van der Waals surface area contributed by atoms with Gasteiger partial charge in [0.2, 0.25) is 0 Å². The largest absolute Gasteiger partial charge is 0.508 e. The first-order chi connectivity index (χ1) is 7.09. The standard InChI is InChI=1S/C13H15NO/c1-9-6-11(12(15)7-10(9)2)13(8-14)4-3-5-13/h6-7,15H,3-5H2,1-2H3. The second kappa shape index (κ2) is 3.27. The zero-order valence-corrected chi connectivity index (χ0v) is 9.17. The van der Waals surface area contributed by atoms with Crippen LogP contribution < -0.4 is 0 Å². The molecule has 0 saturated heterocycles. The first-order valence-electron chi connectivity index (χ1n) is 5.31. The average molecular weight is 201 g/mol. The molecule has 1 aliphatic carbocycles. The Morgan fingerprint density at radius 2 is 1.87 bits per heavy atom. The molecule has 0 unspecified atom stereocenters. The SMILES string of the molecule is Cc1cc(O)c(C2(C#N)CCC2)cc1C. The maximum Gasteiger partial charge on any atom is 0.120 e. The van der Waals surface area contributed by atoms with Gasteiger partial charge in [0.25, 0.3) is 0 Å². The van der Waals surface area contributed by atoms with Crippen molar-refractivity contribution in [2.24, 2.45) is 0 Å². The molecule has 0 atom stereocenters. The minimum Gasteiger partial charge on any atom is -0.508 e. The van der Waals surface area contributed by atoms with E-state index in [1.165, 1.54) is 0 Å². The molecule has 2 heteroatoms. The maximum atomic E-state index is 9.90. The summed E-state index contributed by atoms with van der Waals surface area (Å²) in [6.45, 7) is 3.99. The molecule has 0 aromatic heterocycles. The van der Waals surface area contributed by atoms with Gasteiger partial charge in [-0.05, 0) is 50.3 Å². The number of aryl methyl sites for hydroxylation is 2. The smallest absolute Gasteiger partial charge is 0.120 e. The number of aromatic hydroxyl groups is 1. The van der Waals surface area contributed by atoms with Crippen molar-refractivity contribution in [2.45, 2.75) is 38.5 Å². The third-order valence-electron chi connectivity index (χ3n) is 3.55. The molecule has 1 aromatic rings. The quantitative estimate of drug-likeness (QED) is 0.759. The molecule has 0 aliphatic heterocycles. The Morgan fingerprint density at radius 3 is 2.33 bits per heavy atom. The predicted molar refractivity (Wildman–Crippen MR) is 58.7 cm³/mol. The normalized spacial score (nSPS) is 17.9. The first kappa shape index (κ1) is 10.0. The van der Waals surface area contributed by atoms with Crippen LogP contribution in [0.15, 0.2) is 12.1 Å². The highest BCUT2D eigenvalue weighted by Crippen LogP contribution is 2.46. The lowest BCUT2D eigenvalue weighted by Crippen LogP contribution is -2.32. The monoisotopic (exact) mass is 201 g/mol. The Morgan fingerprint density at radius 1 is 1.27 bits per heavy atom. The van der Waals surface area contributed by atoms with Gasteiger partial charge >= 0.3 is 0 Å². The van der Waals surface area contributed by atoms with Crippen LogP contribution in [0, 0.1) is 25.2 Å². The second-order valence-electron chi connectivity index (χ2n) is 4.50. The Hall–Kier alpha value is -1.49. The van der Waals surface area contributed by atoms with E-state index in [0.717, 1.165) is 36.0 Å². The van der Waals surface area contributed by atoms with E-state index in [9.17, 15) is 10.4 Å². The van der Waals surface area contributed by atoms with Crippen molar-refractivity contribution >= 4 is 0 Å². The summed E-state index contributed by atoms with van der Waals surface area (Å²) in [5.41, 5.74) is 2.62. The summed E-state index contributed by atoms with van der Waals surface area (Å²) in [4.78, 5) is 0. The van der Waals surface area contributed by atoms with Gasteiger partial charge in [-0.2, -0.15) is 5.26 Å². The number of phenols is 1. The number of hydrogen-bond acceptors (Lipinski definition) is 2. The fourth-order valence-corrected chi connectivity index (χ4v) is 2.16. The zero-order chi connectivity index (χ0) is 11.1. The van der Waals surface area contributed by atoms with Crippen LogP contribution in [0.4, 0.5) is 0 Å². The summed E-state index contributed by atoms with van der Waals surface area (Å²) in [5.74, 6) is 0.277. The van der Waals surface area contributed by atoms with E-state index in [-0.39, 0.29) is 5.75 Å². The minimum atomic E-state index is -0.414. The van der Waals surface area contributed by atoms with E-state index in [4.69, 9.17) is 0 Å². The molecule has 2 nitrogen and oxygen atoms in total. The number of nitrogens with zero attached hydrogens (tertiary/aromatic N) is 1. The lowest BCUT2D eigenvalue weighted by atomic mass is 9.65. The summed E-state index contributed by atoms with van der Waals surface area (Å²) >= 11 is 0. The van der Waals surface area contributed by atoms with Crippen LogP contribution in [0.3, 0.4) is 0 Å². The van der Waals surface area contributed by atoms with E-state index in [1.807, 2.05) is 19.9 Å². The molecule has 2 rings (SSSR count). The highest BCUT2D eigenvalue weighted by molar-refractivity contribution is 5.49. The van der Waals surface area contributed by atoms with Crippen molar-refractivity contribution in [1.82, 2.24) is 0 Å². The molecule has 1 aromatic carbocycles. The molecular formula is C13H15NO. The Kier molecular flexibility index (Phi) is 2.19. The maximum absolute atomic E-state index is 9.90. The third kappa shape index (κ3) is 1.39. The van der Waals surface area contributed by atoms with E-state index in [0.29, 0.717) is 0 Å². The molecule has 1 fully saturated rings. The van der Waals surface area contributed by atoms with Crippen molar-refractivity contribution in [1.29, 1.82) is 5.26 Å². The van der Waals surface area contributed by atoms with Crippen LogP contribution in [-0.4, -0.2) is 5.11 Å². The van der Waals surface area contributed by atoms with E-state index >= 15 is 0 Å². The molecule has 0 amide bonds. The number of nitriles is 1. The molecule has 0 spiro atoms. The van der Waals surface area contributed by atoms with Gasteiger partial charge in [0.1, 0.15) is 5.75 Å². The van der Waals surface area contributed by atoms with Crippen LogP contribution in [0.2, 0.25) is 0 Å². The topological polar surface area (TPSA) is 44.0 Å². The third-order valence-corrected chi connectivity index (χ3v) is 3.55. The van der Waals surface area contributed by atoms with Crippen molar-refractivity contribution in [3.05, 3.63) is 28.8 Å². The van der Waals surface area contributed by atoms with Crippen molar-refractivity contribution in [2.75, 3.05) is 0 Å². The number of hydrogen-bond donors (Lipinski definition) is 1. The van der Waals surface area contributed by atoms with Crippen LogP contribution in [0.5, 0.6) is 5.75 Å². The highest BCUT2D eigenvalue weighted by Gasteiger charge is 2.41. The van der Waals surface area contributed by atoms with Gasteiger partial charge in [-0.15, -0.1) is 0 Å². The number of benzene rings is 1. The van der Waals surface area contributed by atoms with E-state index in [2.05, 4.69) is 6.07 Å². The molecular weight excluding hydrogens is 186 g/mol. The van der Waals surface area contributed by atoms with Gasteiger partial charge in [-0.25, -0.2) is 0 Å². The summed E-state index contributed by atoms with van der Waals surface area (Å²) in [6.07, 6.45) is 2.83. The fraction of sp³-hybridized carbons (Fsp3) is 0.462. The molecule has 0 radical (unpaired) electrons. The van der Waals surface area contributed by atoms with Gasteiger partial charge in [0.05, 0.1) is 11.5 Å².